The van der Waals surface area contributed by atoms with Crippen molar-refractivity contribution in [2.24, 2.45) is 0 Å². The van der Waals surface area contributed by atoms with Crippen molar-refractivity contribution in [3.63, 3.8) is 0 Å². The van der Waals surface area contributed by atoms with E-state index in [1.54, 1.807) is 24.5 Å². The minimum absolute atomic E-state index is 0.0599. The van der Waals surface area contributed by atoms with E-state index in [0.29, 0.717) is 29.7 Å². The van der Waals surface area contributed by atoms with Gasteiger partial charge in [0.1, 0.15) is 12.1 Å². The summed E-state index contributed by atoms with van der Waals surface area (Å²) in [5, 5.41) is 3.26. The van der Waals surface area contributed by atoms with Crippen LogP contribution in [-0.2, 0) is 12.7 Å². The molecule has 1 aliphatic heterocycles. The number of likely N-dealkylation sites (N-methyl/N-ethyl adjacent to an activating group) is 1. The summed E-state index contributed by atoms with van der Waals surface area (Å²) < 4.78 is 48.3. The zero-order chi connectivity index (χ0) is 30.1. The van der Waals surface area contributed by atoms with E-state index in [1.807, 2.05) is 24.0 Å². The highest BCUT2D eigenvalue weighted by Gasteiger charge is 2.34. The average molecular weight is 590 g/mol. The van der Waals surface area contributed by atoms with Crippen molar-refractivity contribution in [1.29, 1.82) is 0 Å². The number of carbonyl (C=O) groups is 1. The van der Waals surface area contributed by atoms with Gasteiger partial charge in [0.25, 0.3) is 5.91 Å². The number of rotatable bonds is 7. The van der Waals surface area contributed by atoms with Gasteiger partial charge in [-0.15, -0.1) is 0 Å². The first kappa shape index (κ1) is 28.6. The standard InChI is InChI=1S/C31H30F3N7O2/c1-3-40-8-10-41(11-9-40)16-21-6-7-22(13-24(21)31(32,33)34)39-29(42)20-5-4-19(2)28(12-20)43-30-23-14-26-27(37-17-36-26)15-25(23)35-18-38-30/h4-7,12-15,17-18H,3,8-11,16H2,1-2H3,(H,36,37)(H,39,42). The molecule has 1 aliphatic rings. The van der Waals surface area contributed by atoms with E-state index in [0.717, 1.165) is 42.3 Å². The zero-order valence-electron chi connectivity index (χ0n) is 23.7. The van der Waals surface area contributed by atoms with E-state index in [2.05, 4.69) is 37.1 Å². The predicted octanol–water partition coefficient (Wildman–Crippen LogP) is 6.02. The lowest BCUT2D eigenvalue weighted by Gasteiger charge is -2.34. The van der Waals surface area contributed by atoms with Gasteiger partial charge in [0.15, 0.2) is 0 Å². The molecule has 43 heavy (non-hydrogen) atoms. The summed E-state index contributed by atoms with van der Waals surface area (Å²) in [6.07, 6.45) is -1.59. The van der Waals surface area contributed by atoms with Gasteiger partial charge in [0.2, 0.25) is 5.88 Å². The Labute approximate surface area is 245 Å². The summed E-state index contributed by atoms with van der Waals surface area (Å²) in [6.45, 7) is 8.10. The molecule has 12 heteroatoms. The molecule has 222 valence electrons. The number of halogens is 3. The molecule has 0 aliphatic carbocycles. The molecular formula is C31H30F3N7O2. The predicted molar refractivity (Wildman–Crippen MR) is 157 cm³/mol. The Morgan fingerprint density at radius 2 is 1.77 bits per heavy atom. The number of ether oxygens (including phenoxy) is 1. The minimum atomic E-state index is -4.56. The number of nitrogens with zero attached hydrogens (tertiary/aromatic N) is 5. The number of benzene rings is 3. The second kappa shape index (κ2) is 11.6. The first-order valence-electron chi connectivity index (χ1n) is 14.0. The van der Waals surface area contributed by atoms with Gasteiger partial charge in [0, 0.05) is 44.0 Å². The summed E-state index contributed by atoms with van der Waals surface area (Å²) in [5.41, 5.74) is 2.66. The Bertz CT molecular complexity index is 1800. The van der Waals surface area contributed by atoms with Crippen molar-refractivity contribution < 1.29 is 22.7 Å². The van der Waals surface area contributed by atoms with Gasteiger partial charge >= 0.3 is 6.18 Å². The summed E-state index contributed by atoms with van der Waals surface area (Å²) in [7, 11) is 0. The number of piperazine rings is 1. The molecule has 3 aromatic carbocycles. The number of imidazole rings is 1. The van der Waals surface area contributed by atoms with Crippen LogP contribution in [0.25, 0.3) is 21.9 Å². The average Bonchev–Trinajstić information content (AvgIpc) is 3.45. The van der Waals surface area contributed by atoms with E-state index in [-0.39, 0.29) is 29.2 Å². The maximum atomic E-state index is 14.1. The molecule has 6 rings (SSSR count). The van der Waals surface area contributed by atoms with Crippen LogP contribution in [0.4, 0.5) is 18.9 Å². The van der Waals surface area contributed by atoms with Crippen molar-refractivity contribution in [2.45, 2.75) is 26.6 Å². The van der Waals surface area contributed by atoms with Crippen molar-refractivity contribution in [3.05, 3.63) is 83.4 Å². The van der Waals surface area contributed by atoms with Crippen molar-refractivity contribution >= 4 is 33.5 Å². The Morgan fingerprint density at radius 3 is 2.53 bits per heavy atom. The fourth-order valence-corrected chi connectivity index (χ4v) is 5.26. The van der Waals surface area contributed by atoms with Gasteiger partial charge in [0.05, 0.1) is 33.8 Å². The Balaban J connectivity index is 1.21. The molecule has 0 atom stereocenters. The Hall–Kier alpha value is -4.55. The molecule has 2 aromatic heterocycles. The molecule has 3 heterocycles. The van der Waals surface area contributed by atoms with Crippen LogP contribution < -0.4 is 10.1 Å². The molecule has 0 saturated carbocycles. The number of aromatic amines is 1. The fraction of sp³-hybridized carbons (Fsp3) is 0.290. The third kappa shape index (κ3) is 6.15. The highest BCUT2D eigenvalue weighted by atomic mass is 19.4. The van der Waals surface area contributed by atoms with Gasteiger partial charge < -0.3 is 19.9 Å². The molecule has 0 unspecified atom stereocenters. The first-order chi connectivity index (χ1) is 20.7. The quantitative estimate of drug-likeness (QED) is 0.240. The van der Waals surface area contributed by atoms with Gasteiger partial charge in [-0.3, -0.25) is 9.69 Å². The number of hydrogen-bond donors (Lipinski definition) is 2. The van der Waals surface area contributed by atoms with Gasteiger partial charge in [-0.2, -0.15) is 13.2 Å². The van der Waals surface area contributed by atoms with E-state index in [9.17, 15) is 18.0 Å². The molecule has 5 aromatic rings. The number of anilines is 1. The summed E-state index contributed by atoms with van der Waals surface area (Å²) in [5.74, 6) is 0.105. The van der Waals surface area contributed by atoms with Crippen LogP contribution in [0.3, 0.4) is 0 Å². The zero-order valence-corrected chi connectivity index (χ0v) is 23.7. The Morgan fingerprint density at radius 1 is 0.977 bits per heavy atom. The van der Waals surface area contributed by atoms with Crippen LogP contribution in [0, 0.1) is 6.92 Å². The van der Waals surface area contributed by atoms with E-state index in [4.69, 9.17) is 4.74 Å². The number of aromatic nitrogens is 4. The molecule has 1 saturated heterocycles. The van der Waals surface area contributed by atoms with Crippen molar-refractivity contribution in [2.75, 3.05) is 38.0 Å². The van der Waals surface area contributed by atoms with Crippen molar-refractivity contribution in [1.82, 2.24) is 29.7 Å². The monoisotopic (exact) mass is 589 g/mol. The molecule has 2 N–H and O–H groups in total. The largest absolute Gasteiger partial charge is 0.438 e. The number of hydrogen-bond acceptors (Lipinski definition) is 7. The molecule has 1 amide bonds. The van der Waals surface area contributed by atoms with Crippen LogP contribution in [0.5, 0.6) is 11.6 Å². The second-order valence-electron chi connectivity index (χ2n) is 10.6. The van der Waals surface area contributed by atoms with E-state index >= 15 is 0 Å². The minimum Gasteiger partial charge on any atom is -0.438 e. The van der Waals surface area contributed by atoms with Gasteiger partial charge in [-0.1, -0.05) is 19.1 Å². The lowest BCUT2D eigenvalue weighted by Crippen LogP contribution is -2.45. The SMILES string of the molecule is CCN1CCN(Cc2ccc(NC(=O)c3ccc(C)c(Oc4ncnc5cc6[nH]cnc6cc45)c3)cc2C(F)(F)F)CC1. The number of H-pyrrole nitrogens is 1. The van der Waals surface area contributed by atoms with Gasteiger partial charge in [-0.25, -0.2) is 15.0 Å². The third-order valence-electron chi connectivity index (χ3n) is 7.78. The number of carbonyl (C=O) groups excluding carboxylic acids is 1. The number of alkyl halides is 3. The summed E-state index contributed by atoms with van der Waals surface area (Å²) in [4.78, 5) is 33.4. The lowest BCUT2D eigenvalue weighted by atomic mass is 10.0. The molecule has 0 bridgehead atoms. The molecular weight excluding hydrogens is 559 g/mol. The molecule has 0 spiro atoms. The Kier molecular flexibility index (Phi) is 7.72. The second-order valence-corrected chi connectivity index (χ2v) is 10.6. The summed E-state index contributed by atoms with van der Waals surface area (Å²) in [6, 6.07) is 12.5. The maximum Gasteiger partial charge on any atom is 0.416 e. The summed E-state index contributed by atoms with van der Waals surface area (Å²) >= 11 is 0. The highest BCUT2D eigenvalue weighted by Crippen LogP contribution is 2.35. The van der Waals surface area contributed by atoms with Crippen LogP contribution >= 0.6 is 0 Å². The smallest absolute Gasteiger partial charge is 0.416 e. The molecule has 0 radical (unpaired) electrons. The van der Waals surface area contributed by atoms with E-state index in [1.165, 1.54) is 18.5 Å². The van der Waals surface area contributed by atoms with Crippen LogP contribution in [-0.4, -0.2) is 68.4 Å². The van der Waals surface area contributed by atoms with E-state index < -0.39 is 17.6 Å². The topological polar surface area (TPSA) is 99.3 Å². The molecule has 9 nitrogen and oxygen atoms in total. The number of aryl methyl sites for hydroxylation is 1. The van der Waals surface area contributed by atoms with Crippen LogP contribution in [0.15, 0.2) is 61.2 Å². The maximum absolute atomic E-state index is 14.1. The van der Waals surface area contributed by atoms with Gasteiger partial charge in [-0.05, 0) is 61.0 Å². The number of amides is 1. The lowest BCUT2D eigenvalue weighted by molar-refractivity contribution is -0.138. The fourth-order valence-electron chi connectivity index (χ4n) is 5.26. The number of nitrogens with one attached hydrogen (secondary N) is 2. The molecule has 1 fully saturated rings. The first-order valence-corrected chi connectivity index (χ1v) is 14.0. The normalized spacial score (nSPS) is 14.8. The highest BCUT2D eigenvalue weighted by molar-refractivity contribution is 6.04. The van der Waals surface area contributed by atoms with Crippen LogP contribution in [0.1, 0.15) is 34.0 Å². The number of fused-ring (bicyclic) bond motifs is 2. The third-order valence-corrected chi connectivity index (χ3v) is 7.78. The van der Waals surface area contributed by atoms with Crippen molar-refractivity contribution in [3.8, 4) is 11.6 Å². The van der Waals surface area contributed by atoms with Crippen LogP contribution in [0.2, 0.25) is 0 Å².